The van der Waals surface area contributed by atoms with Gasteiger partial charge in [0.25, 0.3) is 0 Å². The minimum atomic E-state index is -1.24. The van der Waals surface area contributed by atoms with Crippen molar-refractivity contribution in [3.8, 4) is 0 Å². The minimum absolute atomic E-state index is 0.0916. The average Bonchev–Trinajstić information content (AvgIpc) is 3.12. The van der Waals surface area contributed by atoms with E-state index in [0.29, 0.717) is 32.4 Å². The molecular weight excluding hydrogens is 412 g/mol. The van der Waals surface area contributed by atoms with Crippen LogP contribution in [-0.2, 0) is 23.9 Å². The number of aliphatic hydroxyl groups is 1. The Labute approximate surface area is 189 Å². The summed E-state index contributed by atoms with van der Waals surface area (Å²) in [6.07, 6.45) is 10.8. The van der Waals surface area contributed by atoms with E-state index >= 15 is 0 Å². The average molecular weight is 447 g/mol. The number of hydrogen-bond acceptors (Lipinski definition) is 6. The zero-order chi connectivity index (χ0) is 22.9. The molecule has 1 spiro atoms. The summed E-state index contributed by atoms with van der Waals surface area (Å²) in [4.78, 5) is 44.1. The van der Waals surface area contributed by atoms with Crippen LogP contribution in [-0.4, -0.2) is 82.8 Å². The number of carbonyl (C=O) groups excluding carboxylic acids is 3. The molecule has 4 heterocycles. The van der Waals surface area contributed by atoms with Crippen molar-refractivity contribution < 1.29 is 29.0 Å². The van der Waals surface area contributed by atoms with Crippen LogP contribution < -0.4 is 0 Å². The van der Waals surface area contributed by atoms with Crippen molar-refractivity contribution in [2.24, 2.45) is 11.8 Å². The van der Waals surface area contributed by atoms with Gasteiger partial charge in [-0.3, -0.25) is 14.4 Å². The number of hydrogen-bond donors (Lipinski definition) is 1. The normalized spacial score (nSPS) is 36.3. The maximum atomic E-state index is 13.8. The number of ether oxygens (including phenoxy) is 2. The first-order chi connectivity index (χ1) is 15.5. The van der Waals surface area contributed by atoms with Crippen molar-refractivity contribution in [2.75, 3.05) is 32.8 Å². The molecule has 5 atom stereocenters. The number of cyclic esters (lactones) is 1. The van der Waals surface area contributed by atoms with Crippen molar-refractivity contribution in [1.29, 1.82) is 0 Å². The summed E-state index contributed by atoms with van der Waals surface area (Å²) in [5.74, 6) is -2.53. The van der Waals surface area contributed by atoms with E-state index in [1.165, 1.54) is 4.90 Å². The van der Waals surface area contributed by atoms with Gasteiger partial charge in [0.15, 0.2) is 0 Å². The number of unbranched alkanes of at least 4 members (excludes halogenated alkanes) is 1. The number of nitrogens with zero attached hydrogens (tertiary/aromatic N) is 2. The molecule has 1 unspecified atom stereocenters. The Balaban J connectivity index is 1.84. The van der Waals surface area contributed by atoms with Gasteiger partial charge in [-0.15, -0.1) is 0 Å². The molecule has 176 valence electrons. The van der Waals surface area contributed by atoms with Crippen LogP contribution in [0, 0.1) is 11.8 Å². The number of carbonyl (C=O) groups is 3. The second-order valence-corrected chi connectivity index (χ2v) is 9.13. The zero-order valence-corrected chi connectivity index (χ0v) is 19.0. The molecule has 2 amide bonds. The van der Waals surface area contributed by atoms with Gasteiger partial charge in [-0.05, 0) is 25.7 Å². The summed E-state index contributed by atoms with van der Waals surface area (Å²) < 4.78 is 12.3. The molecule has 8 nitrogen and oxygen atoms in total. The molecule has 0 aromatic heterocycles. The number of aliphatic hydroxyl groups excluding tert-OH is 1. The fourth-order valence-corrected chi connectivity index (χ4v) is 5.81. The third kappa shape index (κ3) is 3.39. The Kier molecular flexibility index (Phi) is 6.45. The molecule has 0 aromatic rings. The standard InChI is InChI=1S/C24H34N2O6/c1-3-5-12-25-13-8-11-24-17(20(28)26(14-9-15-27)19(24)21(25)29)18-22(30)31-16-7-6-10-23(18,4-2)32-24/h6,8,10-11,17-19,27H,3-5,7,9,12-16H2,1-2H3/t17-,18+,19?,23-,24-/m0/s1. The van der Waals surface area contributed by atoms with Gasteiger partial charge in [0, 0.05) is 26.2 Å². The van der Waals surface area contributed by atoms with Crippen LogP contribution in [0.15, 0.2) is 24.3 Å². The molecule has 0 aliphatic carbocycles. The van der Waals surface area contributed by atoms with E-state index in [1.807, 2.05) is 31.2 Å². The summed E-state index contributed by atoms with van der Waals surface area (Å²) in [6, 6.07) is -0.861. The van der Waals surface area contributed by atoms with Crippen LogP contribution in [0.1, 0.15) is 46.0 Å². The number of likely N-dealkylation sites (tertiary alicyclic amines) is 1. The maximum Gasteiger partial charge on any atom is 0.313 e. The molecule has 2 fully saturated rings. The van der Waals surface area contributed by atoms with Crippen LogP contribution in [0.3, 0.4) is 0 Å². The van der Waals surface area contributed by atoms with Crippen molar-refractivity contribution in [2.45, 2.75) is 63.2 Å². The Morgan fingerprint density at radius 3 is 2.59 bits per heavy atom. The van der Waals surface area contributed by atoms with E-state index < -0.39 is 35.0 Å². The van der Waals surface area contributed by atoms with E-state index in [1.54, 1.807) is 4.90 Å². The SMILES string of the molecule is CCCCN1CC=C[C@]23O[C@@]4(CC)C=CCCOC(=O)[C@H]4[C@H]2C(=O)N(CCCO)C3C1=O. The van der Waals surface area contributed by atoms with Gasteiger partial charge in [-0.2, -0.15) is 0 Å². The van der Waals surface area contributed by atoms with E-state index in [-0.39, 0.29) is 31.6 Å². The lowest BCUT2D eigenvalue weighted by atomic mass is 9.73. The molecule has 4 aliphatic heterocycles. The first kappa shape index (κ1) is 23.0. The first-order valence-electron chi connectivity index (χ1n) is 11.9. The first-order valence-corrected chi connectivity index (χ1v) is 11.9. The van der Waals surface area contributed by atoms with Gasteiger partial charge in [0.05, 0.1) is 12.5 Å². The highest BCUT2D eigenvalue weighted by Gasteiger charge is 2.75. The monoisotopic (exact) mass is 446 g/mol. The van der Waals surface area contributed by atoms with E-state index in [0.717, 1.165) is 12.8 Å². The fraction of sp³-hybridized carbons (Fsp3) is 0.708. The van der Waals surface area contributed by atoms with Crippen molar-refractivity contribution in [3.63, 3.8) is 0 Å². The Morgan fingerprint density at radius 2 is 1.88 bits per heavy atom. The van der Waals surface area contributed by atoms with Gasteiger partial charge < -0.3 is 24.4 Å². The summed E-state index contributed by atoms with van der Waals surface area (Å²) >= 11 is 0. The predicted octanol–water partition coefficient (Wildman–Crippen LogP) is 1.43. The summed E-state index contributed by atoms with van der Waals surface area (Å²) in [5, 5.41) is 9.41. The van der Waals surface area contributed by atoms with Gasteiger partial charge in [0.2, 0.25) is 11.8 Å². The Morgan fingerprint density at radius 1 is 1.06 bits per heavy atom. The lowest BCUT2D eigenvalue weighted by molar-refractivity contribution is -0.161. The second-order valence-electron chi connectivity index (χ2n) is 9.13. The molecule has 1 N–H and O–H groups in total. The van der Waals surface area contributed by atoms with E-state index in [2.05, 4.69) is 6.92 Å². The third-order valence-electron chi connectivity index (χ3n) is 7.32. The summed E-state index contributed by atoms with van der Waals surface area (Å²) in [5.41, 5.74) is -2.23. The second kappa shape index (κ2) is 8.98. The van der Waals surface area contributed by atoms with Crippen LogP contribution in [0.2, 0.25) is 0 Å². The quantitative estimate of drug-likeness (QED) is 0.470. The van der Waals surface area contributed by atoms with Gasteiger partial charge in [-0.1, -0.05) is 44.6 Å². The minimum Gasteiger partial charge on any atom is -0.465 e. The highest BCUT2D eigenvalue weighted by molar-refractivity contribution is 5.99. The topological polar surface area (TPSA) is 96.4 Å². The molecule has 8 heteroatoms. The lowest BCUT2D eigenvalue weighted by Gasteiger charge is -2.38. The molecule has 4 rings (SSSR count). The van der Waals surface area contributed by atoms with Crippen LogP contribution in [0.25, 0.3) is 0 Å². The number of fused-ring (bicyclic) bond motifs is 2. The smallest absolute Gasteiger partial charge is 0.313 e. The molecule has 32 heavy (non-hydrogen) atoms. The van der Waals surface area contributed by atoms with Crippen molar-refractivity contribution in [1.82, 2.24) is 9.80 Å². The van der Waals surface area contributed by atoms with Gasteiger partial charge >= 0.3 is 5.97 Å². The Hall–Kier alpha value is -2.19. The highest BCUT2D eigenvalue weighted by atomic mass is 16.6. The van der Waals surface area contributed by atoms with Gasteiger partial charge in [0.1, 0.15) is 23.2 Å². The summed E-state index contributed by atoms with van der Waals surface area (Å²) in [6.45, 7) is 5.45. The van der Waals surface area contributed by atoms with Crippen molar-refractivity contribution >= 4 is 17.8 Å². The maximum absolute atomic E-state index is 13.8. The highest BCUT2D eigenvalue weighted by Crippen LogP contribution is 2.58. The summed E-state index contributed by atoms with van der Waals surface area (Å²) in [7, 11) is 0. The molecule has 2 saturated heterocycles. The number of rotatable bonds is 7. The van der Waals surface area contributed by atoms with Gasteiger partial charge in [-0.25, -0.2) is 0 Å². The van der Waals surface area contributed by atoms with Crippen LogP contribution in [0.4, 0.5) is 0 Å². The predicted molar refractivity (Wildman–Crippen MR) is 116 cm³/mol. The molecular formula is C24H34N2O6. The third-order valence-corrected chi connectivity index (χ3v) is 7.32. The van der Waals surface area contributed by atoms with Crippen LogP contribution in [0.5, 0.6) is 0 Å². The lowest BCUT2D eigenvalue weighted by Crippen LogP contribution is -2.56. The Bertz CT molecular complexity index is 825. The molecule has 0 radical (unpaired) electrons. The molecule has 0 aromatic carbocycles. The fourth-order valence-electron chi connectivity index (χ4n) is 5.81. The largest absolute Gasteiger partial charge is 0.465 e. The van der Waals surface area contributed by atoms with E-state index in [4.69, 9.17) is 9.47 Å². The van der Waals surface area contributed by atoms with E-state index in [9.17, 15) is 19.5 Å². The van der Waals surface area contributed by atoms with Crippen molar-refractivity contribution in [3.05, 3.63) is 24.3 Å². The molecule has 0 saturated carbocycles. The molecule has 4 aliphatic rings. The van der Waals surface area contributed by atoms with Crippen LogP contribution >= 0.6 is 0 Å². The number of amides is 2. The zero-order valence-electron chi connectivity index (χ0n) is 19.0. The molecule has 0 bridgehead atoms. The number of esters is 1.